The first-order valence-corrected chi connectivity index (χ1v) is 6.85. The second kappa shape index (κ2) is 7.13. The highest BCUT2D eigenvalue weighted by Crippen LogP contribution is 2.19. The molecule has 0 radical (unpaired) electrons. The van der Waals surface area contributed by atoms with Crippen LogP contribution >= 0.6 is 11.8 Å². The Morgan fingerprint density at radius 1 is 1.47 bits per heavy atom. The number of hydrogen-bond acceptors (Lipinski definition) is 4. The number of carbonyl (C=O) groups is 2. The van der Waals surface area contributed by atoms with Crippen LogP contribution in [0.15, 0.2) is 18.2 Å². The number of nitrogens with two attached hydrogens (primary N) is 1. The van der Waals surface area contributed by atoms with Gasteiger partial charge in [0.05, 0.1) is 13.0 Å². The van der Waals surface area contributed by atoms with Gasteiger partial charge in [-0.25, -0.2) is 4.39 Å². The number of halogens is 1. The van der Waals surface area contributed by atoms with Crippen LogP contribution in [0.1, 0.15) is 22.8 Å². The Kier molecular flexibility index (Phi) is 5.82. The average molecular weight is 285 g/mol. The lowest BCUT2D eigenvalue weighted by Gasteiger charge is -2.09. The molecule has 0 spiro atoms. The monoisotopic (exact) mass is 285 g/mol. The summed E-state index contributed by atoms with van der Waals surface area (Å²) < 4.78 is 18.2. The van der Waals surface area contributed by atoms with Crippen molar-refractivity contribution >= 4 is 23.6 Å². The molecule has 4 nitrogen and oxygen atoms in total. The quantitative estimate of drug-likeness (QED) is 0.811. The fourth-order valence-corrected chi connectivity index (χ4v) is 2.49. The molecule has 1 atom stereocenters. The van der Waals surface area contributed by atoms with Crippen molar-refractivity contribution in [3.63, 3.8) is 0 Å². The molecule has 0 aliphatic heterocycles. The summed E-state index contributed by atoms with van der Waals surface area (Å²) in [4.78, 5) is 22.1. The maximum absolute atomic E-state index is 13.6. The van der Waals surface area contributed by atoms with Crippen LogP contribution in [0.5, 0.6) is 0 Å². The summed E-state index contributed by atoms with van der Waals surface area (Å²) in [7, 11) is 1.34. The van der Waals surface area contributed by atoms with Gasteiger partial charge in [0.15, 0.2) is 0 Å². The largest absolute Gasteiger partial charge is 0.469 e. The highest BCUT2D eigenvalue weighted by atomic mass is 32.2. The molecule has 0 saturated heterocycles. The summed E-state index contributed by atoms with van der Waals surface area (Å²) >= 11 is 1.43. The van der Waals surface area contributed by atoms with Crippen molar-refractivity contribution in [3.8, 4) is 0 Å². The number of hydrogen-bond donors (Lipinski definition) is 1. The first-order chi connectivity index (χ1) is 8.95. The second-order valence-corrected chi connectivity index (χ2v) is 5.14. The molecule has 1 unspecified atom stereocenters. The highest BCUT2D eigenvalue weighted by molar-refractivity contribution is 7.98. The van der Waals surface area contributed by atoms with Crippen molar-refractivity contribution in [2.24, 2.45) is 11.7 Å². The molecular weight excluding hydrogens is 269 g/mol. The zero-order valence-electron chi connectivity index (χ0n) is 10.8. The van der Waals surface area contributed by atoms with Gasteiger partial charge >= 0.3 is 5.97 Å². The van der Waals surface area contributed by atoms with Crippen LogP contribution in [0, 0.1) is 11.7 Å². The van der Waals surface area contributed by atoms with E-state index in [4.69, 9.17) is 5.73 Å². The number of amides is 1. The fourth-order valence-electron chi connectivity index (χ4n) is 1.43. The van der Waals surface area contributed by atoms with Gasteiger partial charge in [0.25, 0.3) is 0 Å². The van der Waals surface area contributed by atoms with E-state index in [-0.39, 0.29) is 17.5 Å². The zero-order valence-corrected chi connectivity index (χ0v) is 11.6. The number of methoxy groups -OCH3 is 1. The van der Waals surface area contributed by atoms with Crippen molar-refractivity contribution in [1.82, 2.24) is 0 Å². The Hall–Kier alpha value is -1.56. The first-order valence-electron chi connectivity index (χ1n) is 5.69. The maximum Gasteiger partial charge on any atom is 0.309 e. The van der Waals surface area contributed by atoms with E-state index in [9.17, 15) is 14.0 Å². The van der Waals surface area contributed by atoms with Gasteiger partial charge in [0.2, 0.25) is 5.91 Å². The SMILES string of the molecule is COC(=O)C(C)CSCc1ccc(C(N)=O)cc1F. The molecule has 1 amide bonds. The Morgan fingerprint density at radius 3 is 2.68 bits per heavy atom. The van der Waals surface area contributed by atoms with Gasteiger partial charge in [0, 0.05) is 17.1 Å². The molecule has 2 N–H and O–H groups in total. The van der Waals surface area contributed by atoms with Gasteiger partial charge in [-0.3, -0.25) is 9.59 Å². The number of benzene rings is 1. The first kappa shape index (κ1) is 15.5. The van der Waals surface area contributed by atoms with E-state index in [0.717, 1.165) is 6.07 Å². The predicted molar refractivity (Wildman–Crippen MR) is 72.3 cm³/mol. The Balaban J connectivity index is 2.54. The van der Waals surface area contributed by atoms with Crippen LogP contribution in [-0.2, 0) is 15.3 Å². The average Bonchev–Trinajstić information content (AvgIpc) is 2.39. The number of carbonyl (C=O) groups excluding carboxylic acids is 2. The summed E-state index contributed by atoms with van der Waals surface area (Å²) in [5.41, 5.74) is 5.69. The van der Waals surface area contributed by atoms with Crippen LogP contribution in [-0.4, -0.2) is 24.7 Å². The van der Waals surface area contributed by atoms with Crippen LogP contribution in [0.25, 0.3) is 0 Å². The summed E-state index contributed by atoms with van der Waals surface area (Å²) in [5, 5.41) is 0. The van der Waals surface area contributed by atoms with Gasteiger partial charge in [-0.1, -0.05) is 13.0 Å². The molecule has 0 fully saturated rings. The van der Waals surface area contributed by atoms with Crippen molar-refractivity contribution in [1.29, 1.82) is 0 Å². The van der Waals surface area contributed by atoms with E-state index in [1.54, 1.807) is 6.92 Å². The van der Waals surface area contributed by atoms with Gasteiger partial charge < -0.3 is 10.5 Å². The van der Waals surface area contributed by atoms with E-state index >= 15 is 0 Å². The summed E-state index contributed by atoms with van der Waals surface area (Å²) in [5.74, 6) is -0.664. The Labute approximate surface area is 115 Å². The molecule has 1 aromatic rings. The van der Waals surface area contributed by atoms with Crippen LogP contribution in [0.2, 0.25) is 0 Å². The molecule has 0 aromatic heterocycles. The molecular formula is C13H16FNO3S. The van der Waals surface area contributed by atoms with Gasteiger partial charge in [-0.2, -0.15) is 11.8 Å². The number of thioether (sulfide) groups is 1. The Morgan fingerprint density at radius 2 is 2.16 bits per heavy atom. The highest BCUT2D eigenvalue weighted by Gasteiger charge is 2.13. The molecule has 0 aliphatic rings. The van der Waals surface area contributed by atoms with Crippen LogP contribution in [0.3, 0.4) is 0 Å². The molecule has 6 heteroatoms. The predicted octanol–water partition coefficient (Wildman–Crippen LogP) is 1.97. The molecule has 0 bridgehead atoms. The normalized spacial score (nSPS) is 11.9. The minimum absolute atomic E-state index is 0.147. The van der Waals surface area contributed by atoms with Gasteiger partial charge in [0.1, 0.15) is 5.82 Å². The molecule has 19 heavy (non-hydrogen) atoms. The molecule has 1 rings (SSSR count). The lowest BCUT2D eigenvalue weighted by atomic mass is 10.1. The molecule has 0 heterocycles. The molecule has 0 aliphatic carbocycles. The second-order valence-electron chi connectivity index (χ2n) is 4.11. The Bertz CT molecular complexity index is 479. The minimum Gasteiger partial charge on any atom is -0.469 e. The van der Waals surface area contributed by atoms with Crippen LogP contribution < -0.4 is 5.73 Å². The molecule has 0 saturated carbocycles. The van der Waals surface area contributed by atoms with E-state index < -0.39 is 11.7 Å². The third-order valence-corrected chi connectivity index (χ3v) is 3.82. The topological polar surface area (TPSA) is 69.4 Å². The molecule has 104 valence electrons. The van der Waals surface area contributed by atoms with Gasteiger partial charge in [-0.05, 0) is 17.7 Å². The number of primary amides is 1. The van der Waals surface area contributed by atoms with E-state index in [1.807, 2.05) is 0 Å². The third-order valence-electron chi connectivity index (χ3n) is 2.57. The lowest BCUT2D eigenvalue weighted by Crippen LogP contribution is -2.15. The van der Waals surface area contributed by atoms with Crippen molar-refractivity contribution in [3.05, 3.63) is 35.1 Å². The van der Waals surface area contributed by atoms with E-state index in [0.29, 0.717) is 17.1 Å². The maximum atomic E-state index is 13.6. The lowest BCUT2D eigenvalue weighted by molar-refractivity contribution is -0.143. The van der Waals surface area contributed by atoms with Crippen molar-refractivity contribution in [2.45, 2.75) is 12.7 Å². The summed E-state index contributed by atoms with van der Waals surface area (Å²) in [6.07, 6.45) is 0. The zero-order chi connectivity index (χ0) is 14.4. The van der Waals surface area contributed by atoms with E-state index in [2.05, 4.69) is 4.74 Å². The van der Waals surface area contributed by atoms with Gasteiger partial charge in [-0.15, -0.1) is 0 Å². The fraction of sp³-hybridized carbons (Fsp3) is 0.385. The number of rotatable bonds is 6. The number of esters is 1. The summed E-state index contributed by atoms with van der Waals surface area (Å²) in [6.45, 7) is 1.76. The smallest absolute Gasteiger partial charge is 0.309 e. The number of ether oxygens (including phenoxy) is 1. The third kappa shape index (κ3) is 4.55. The van der Waals surface area contributed by atoms with Crippen molar-refractivity contribution < 1.29 is 18.7 Å². The summed E-state index contributed by atoms with van der Waals surface area (Å²) in [6, 6.07) is 4.15. The van der Waals surface area contributed by atoms with E-state index in [1.165, 1.54) is 31.0 Å². The standard InChI is InChI=1S/C13H16FNO3S/c1-8(13(17)18-2)6-19-7-10-4-3-9(12(15)16)5-11(10)14/h3-5,8H,6-7H2,1-2H3,(H2,15,16). The minimum atomic E-state index is -0.655. The van der Waals surface area contributed by atoms with Crippen molar-refractivity contribution in [2.75, 3.05) is 12.9 Å². The van der Waals surface area contributed by atoms with Crippen LogP contribution in [0.4, 0.5) is 4.39 Å². The molecule has 1 aromatic carbocycles.